The van der Waals surface area contributed by atoms with Crippen LogP contribution in [-0.2, 0) is 10.0 Å². The molecule has 1 aliphatic carbocycles. The predicted molar refractivity (Wildman–Crippen MR) is 80.8 cm³/mol. The Morgan fingerprint density at radius 2 is 2.15 bits per heavy atom. The van der Waals surface area contributed by atoms with Crippen LogP contribution in [0.25, 0.3) is 0 Å². The number of rotatable bonds is 8. The van der Waals surface area contributed by atoms with E-state index in [0.717, 1.165) is 30.7 Å². The van der Waals surface area contributed by atoms with E-state index < -0.39 is 10.0 Å². The van der Waals surface area contributed by atoms with E-state index >= 15 is 0 Å². The Balaban J connectivity index is 1.96. The van der Waals surface area contributed by atoms with E-state index in [4.69, 9.17) is 5.73 Å². The highest BCUT2D eigenvalue weighted by atomic mass is 32.2. The lowest BCUT2D eigenvalue weighted by Gasteiger charge is -2.12. The number of benzene rings is 1. The van der Waals surface area contributed by atoms with Gasteiger partial charge in [-0.25, -0.2) is 13.1 Å². The van der Waals surface area contributed by atoms with Crippen LogP contribution in [0.2, 0.25) is 0 Å². The fourth-order valence-corrected chi connectivity index (χ4v) is 3.36. The first-order valence-corrected chi connectivity index (χ1v) is 8.86. The second kappa shape index (κ2) is 6.70. The summed E-state index contributed by atoms with van der Waals surface area (Å²) in [6, 6.07) is 6.82. The summed E-state index contributed by atoms with van der Waals surface area (Å²) >= 11 is 0. The third-order valence-corrected chi connectivity index (χ3v) is 5.27. The van der Waals surface area contributed by atoms with E-state index in [2.05, 4.69) is 4.72 Å². The fourth-order valence-electron chi connectivity index (χ4n) is 2.24. The van der Waals surface area contributed by atoms with Crippen LogP contribution >= 0.6 is 0 Å². The first kappa shape index (κ1) is 15.5. The Kier molecular flexibility index (Phi) is 5.18. The zero-order valence-electron chi connectivity index (χ0n) is 12.0. The molecule has 0 heterocycles. The first-order valence-electron chi connectivity index (χ1n) is 7.38. The van der Waals surface area contributed by atoms with E-state index in [1.807, 2.05) is 13.0 Å². The molecule has 20 heavy (non-hydrogen) atoms. The molecule has 0 saturated heterocycles. The second-order valence-corrected chi connectivity index (χ2v) is 7.34. The molecule has 0 bridgehead atoms. The number of hydrogen-bond donors (Lipinski definition) is 2. The molecule has 0 amide bonds. The van der Waals surface area contributed by atoms with Crippen molar-refractivity contribution in [2.24, 2.45) is 11.7 Å². The number of nitrogens with two attached hydrogens (primary N) is 1. The molecule has 1 aliphatic rings. The summed E-state index contributed by atoms with van der Waals surface area (Å²) in [5.74, 6) is 0.838. The topological polar surface area (TPSA) is 72.2 Å². The minimum Gasteiger partial charge on any atom is -0.324 e. The zero-order chi connectivity index (χ0) is 14.6. The maximum atomic E-state index is 12.2. The zero-order valence-corrected chi connectivity index (χ0v) is 12.8. The minimum absolute atomic E-state index is 0.111. The SMILES string of the molecule is CCC(N)c1cccc(S(=O)(=O)NCCCC2CC2)c1. The quantitative estimate of drug-likeness (QED) is 0.724. The van der Waals surface area contributed by atoms with Crippen molar-refractivity contribution in [1.29, 1.82) is 0 Å². The lowest BCUT2D eigenvalue weighted by Crippen LogP contribution is -2.25. The number of nitrogens with one attached hydrogen (secondary N) is 1. The van der Waals surface area contributed by atoms with Crippen LogP contribution in [0, 0.1) is 5.92 Å². The molecular formula is C15H24N2O2S. The van der Waals surface area contributed by atoms with Crippen LogP contribution in [0.1, 0.15) is 50.6 Å². The van der Waals surface area contributed by atoms with E-state index in [-0.39, 0.29) is 6.04 Å². The molecule has 3 N–H and O–H groups in total. The Hall–Kier alpha value is -0.910. The minimum atomic E-state index is -3.41. The fraction of sp³-hybridized carbons (Fsp3) is 0.600. The highest BCUT2D eigenvalue weighted by Crippen LogP contribution is 2.33. The van der Waals surface area contributed by atoms with Crippen LogP contribution in [0.5, 0.6) is 0 Å². The van der Waals surface area contributed by atoms with Crippen LogP contribution in [-0.4, -0.2) is 15.0 Å². The van der Waals surface area contributed by atoms with Crippen molar-refractivity contribution in [1.82, 2.24) is 4.72 Å². The molecule has 112 valence electrons. The molecule has 1 saturated carbocycles. The number of sulfonamides is 1. The smallest absolute Gasteiger partial charge is 0.240 e. The molecule has 0 radical (unpaired) electrons. The summed E-state index contributed by atoms with van der Waals surface area (Å²) < 4.78 is 27.1. The Bertz CT molecular complexity index is 539. The molecule has 1 unspecified atom stereocenters. The highest BCUT2D eigenvalue weighted by molar-refractivity contribution is 7.89. The van der Waals surface area contributed by atoms with Crippen molar-refractivity contribution in [3.8, 4) is 0 Å². The molecule has 1 aromatic carbocycles. The molecule has 0 aromatic heterocycles. The molecule has 0 aliphatic heterocycles. The maximum absolute atomic E-state index is 12.2. The van der Waals surface area contributed by atoms with Gasteiger partial charge in [0.1, 0.15) is 0 Å². The molecule has 2 rings (SSSR count). The van der Waals surface area contributed by atoms with Gasteiger partial charge in [-0.1, -0.05) is 31.9 Å². The highest BCUT2D eigenvalue weighted by Gasteiger charge is 2.21. The van der Waals surface area contributed by atoms with Crippen molar-refractivity contribution >= 4 is 10.0 Å². The summed E-state index contributed by atoms with van der Waals surface area (Å²) in [6.45, 7) is 2.50. The van der Waals surface area contributed by atoms with Gasteiger partial charge in [-0.2, -0.15) is 0 Å². The van der Waals surface area contributed by atoms with Crippen molar-refractivity contribution in [2.75, 3.05) is 6.54 Å². The standard InChI is InChI=1S/C15H24N2O2S/c1-2-15(16)13-6-3-7-14(11-13)20(18,19)17-10-4-5-12-8-9-12/h3,6-7,11-12,15,17H,2,4-5,8-10,16H2,1H3. The van der Waals surface area contributed by atoms with E-state index in [0.29, 0.717) is 11.4 Å². The van der Waals surface area contributed by atoms with Gasteiger partial charge in [0.2, 0.25) is 10.0 Å². The van der Waals surface area contributed by atoms with Crippen LogP contribution in [0.4, 0.5) is 0 Å². The van der Waals surface area contributed by atoms with Crippen molar-refractivity contribution in [3.05, 3.63) is 29.8 Å². The Morgan fingerprint density at radius 1 is 1.40 bits per heavy atom. The summed E-state index contributed by atoms with van der Waals surface area (Å²) in [5, 5.41) is 0. The van der Waals surface area contributed by atoms with Gasteiger partial charge in [0.15, 0.2) is 0 Å². The van der Waals surface area contributed by atoms with E-state index in [9.17, 15) is 8.42 Å². The Labute approximate surface area is 121 Å². The van der Waals surface area contributed by atoms with E-state index in [1.54, 1.807) is 18.2 Å². The average Bonchev–Trinajstić information content (AvgIpc) is 3.27. The van der Waals surface area contributed by atoms with Crippen LogP contribution in [0.15, 0.2) is 29.2 Å². The first-order chi connectivity index (χ1) is 9.53. The van der Waals surface area contributed by atoms with Gasteiger partial charge < -0.3 is 5.73 Å². The molecule has 1 atom stereocenters. The van der Waals surface area contributed by atoms with Crippen LogP contribution < -0.4 is 10.5 Å². The molecule has 0 spiro atoms. The second-order valence-electron chi connectivity index (χ2n) is 5.57. The normalized spacial score (nSPS) is 17.1. The van der Waals surface area contributed by atoms with Crippen molar-refractivity contribution in [2.45, 2.75) is 50.0 Å². The molecule has 1 fully saturated rings. The maximum Gasteiger partial charge on any atom is 0.240 e. The van der Waals surface area contributed by atoms with Crippen molar-refractivity contribution in [3.63, 3.8) is 0 Å². The van der Waals surface area contributed by atoms with E-state index in [1.165, 1.54) is 12.8 Å². The summed E-state index contributed by atoms with van der Waals surface area (Å²) in [6.07, 6.45) is 5.45. The van der Waals surface area contributed by atoms with Gasteiger partial charge in [0.25, 0.3) is 0 Å². The monoisotopic (exact) mass is 296 g/mol. The lowest BCUT2D eigenvalue weighted by atomic mass is 10.1. The van der Waals surface area contributed by atoms with Gasteiger partial charge in [0, 0.05) is 12.6 Å². The lowest BCUT2D eigenvalue weighted by molar-refractivity contribution is 0.572. The molecular weight excluding hydrogens is 272 g/mol. The van der Waals surface area contributed by atoms with Gasteiger partial charge in [-0.15, -0.1) is 0 Å². The predicted octanol–water partition coefficient (Wildman–Crippen LogP) is 2.56. The van der Waals surface area contributed by atoms with Gasteiger partial charge in [-0.05, 0) is 42.9 Å². The van der Waals surface area contributed by atoms with Gasteiger partial charge in [-0.3, -0.25) is 0 Å². The van der Waals surface area contributed by atoms with Gasteiger partial charge in [0.05, 0.1) is 4.90 Å². The van der Waals surface area contributed by atoms with Crippen molar-refractivity contribution < 1.29 is 8.42 Å². The molecule has 4 nitrogen and oxygen atoms in total. The molecule has 1 aromatic rings. The molecule has 5 heteroatoms. The largest absolute Gasteiger partial charge is 0.324 e. The average molecular weight is 296 g/mol. The summed E-state index contributed by atoms with van der Waals surface area (Å²) in [7, 11) is -3.41. The Morgan fingerprint density at radius 3 is 2.80 bits per heavy atom. The van der Waals surface area contributed by atoms with Crippen LogP contribution in [0.3, 0.4) is 0 Å². The summed E-state index contributed by atoms with van der Waals surface area (Å²) in [5.41, 5.74) is 6.82. The third-order valence-electron chi connectivity index (χ3n) is 3.81. The van der Waals surface area contributed by atoms with Gasteiger partial charge >= 0.3 is 0 Å². The third kappa shape index (κ3) is 4.30. The number of hydrogen-bond acceptors (Lipinski definition) is 3. The summed E-state index contributed by atoms with van der Waals surface area (Å²) in [4.78, 5) is 0.310.